The lowest BCUT2D eigenvalue weighted by Gasteiger charge is -2.00. The van der Waals surface area contributed by atoms with Crippen molar-refractivity contribution in [3.63, 3.8) is 0 Å². The molecule has 1 aromatic rings. The second-order valence-electron chi connectivity index (χ2n) is 3.69. The summed E-state index contributed by atoms with van der Waals surface area (Å²) in [4.78, 5) is 14.5. The van der Waals surface area contributed by atoms with Gasteiger partial charge in [0.05, 0.1) is 4.92 Å². The van der Waals surface area contributed by atoms with Crippen LogP contribution >= 0.6 is 0 Å². The first-order valence-corrected chi connectivity index (χ1v) is 5.41. The Morgan fingerprint density at radius 3 is 2.82 bits per heavy atom. The smallest absolute Gasteiger partial charge is 0.258 e. The van der Waals surface area contributed by atoms with Crippen LogP contribution in [0.2, 0.25) is 0 Å². The average Bonchev–Trinajstić information content (AvgIpc) is 2.38. The minimum absolute atomic E-state index is 0.0316. The minimum Gasteiger partial charge on any atom is -0.258 e. The predicted octanol–water partition coefficient (Wildman–Crippen LogP) is 3.57. The molecule has 0 amide bonds. The monoisotopic (exact) mass is 228 g/mol. The second kappa shape index (κ2) is 5.21. The summed E-state index contributed by atoms with van der Waals surface area (Å²) in [6.45, 7) is 0. The normalized spacial score (nSPS) is 14.9. The van der Waals surface area contributed by atoms with Crippen molar-refractivity contribution in [3.05, 3.63) is 58.2 Å². The summed E-state index contributed by atoms with van der Waals surface area (Å²) in [5, 5.41) is 10.8. The van der Waals surface area contributed by atoms with Gasteiger partial charge in [0.2, 0.25) is 0 Å². The van der Waals surface area contributed by atoms with Gasteiger partial charge in [0.25, 0.3) is 5.69 Å². The molecule has 0 fully saturated rings. The van der Waals surface area contributed by atoms with Crippen molar-refractivity contribution in [1.29, 1.82) is 0 Å². The first kappa shape index (κ1) is 11.3. The van der Waals surface area contributed by atoms with Crippen molar-refractivity contribution in [2.75, 3.05) is 0 Å². The highest BCUT2D eigenvalue weighted by atomic mass is 16.6. The van der Waals surface area contributed by atoms with E-state index in [0.29, 0.717) is 5.69 Å². The molecule has 1 aliphatic rings. The molecule has 0 aromatic heterocycles. The van der Waals surface area contributed by atoms with Gasteiger partial charge in [-0.2, -0.15) is 0 Å². The van der Waals surface area contributed by atoms with Gasteiger partial charge in [-0.25, -0.2) is 4.99 Å². The molecule has 0 heterocycles. The number of nitrogens with zero attached hydrogens (tertiary/aromatic N) is 2. The summed E-state index contributed by atoms with van der Waals surface area (Å²) in [6.07, 6.45) is 9.82. The van der Waals surface area contributed by atoms with Crippen molar-refractivity contribution >= 4 is 17.6 Å². The van der Waals surface area contributed by atoms with Crippen molar-refractivity contribution < 1.29 is 4.92 Å². The van der Waals surface area contributed by atoms with Gasteiger partial charge < -0.3 is 0 Å². The van der Waals surface area contributed by atoms with Crippen LogP contribution in [0, 0.1) is 10.1 Å². The van der Waals surface area contributed by atoms with Crippen LogP contribution in [-0.2, 0) is 0 Å². The molecule has 17 heavy (non-hydrogen) atoms. The Morgan fingerprint density at radius 1 is 1.29 bits per heavy atom. The summed E-state index contributed by atoms with van der Waals surface area (Å²) < 4.78 is 0. The fourth-order valence-electron chi connectivity index (χ4n) is 1.60. The van der Waals surface area contributed by atoms with Crippen LogP contribution < -0.4 is 0 Å². The molecule has 86 valence electrons. The molecule has 4 heteroatoms. The predicted molar refractivity (Wildman–Crippen MR) is 67.7 cm³/mol. The fourth-order valence-corrected chi connectivity index (χ4v) is 1.60. The van der Waals surface area contributed by atoms with E-state index >= 15 is 0 Å². The van der Waals surface area contributed by atoms with Gasteiger partial charge >= 0.3 is 0 Å². The average molecular weight is 228 g/mol. The number of hydrogen-bond acceptors (Lipinski definition) is 3. The zero-order valence-corrected chi connectivity index (χ0v) is 9.24. The highest BCUT2D eigenvalue weighted by Gasteiger charge is 2.10. The van der Waals surface area contributed by atoms with Crippen molar-refractivity contribution in [2.24, 2.45) is 4.99 Å². The fraction of sp³-hybridized carbons (Fsp3) is 0.154. The van der Waals surface area contributed by atoms with E-state index < -0.39 is 4.92 Å². The van der Waals surface area contributed by atoms with Gasteiger partial charge in [0.15, 0.2) is 0 Å². The standard InChI is InChI=1S/C13H12N2O2/c16-15(17)13-9-5-4-8-12(13)14-10-11-6-2-1-3-7-11/h2,4-10H,1,3H2/b14-10+. The quantitative estimate of drug-likeness (QED) is 0.451. The summed E-state index contributed by atoms with van der Waals surface area (Å²) >= 11 is 0. The summed E-state index contributed by atoms with van der Waals surface area (Å²) in [7, 11) is 0. The van der Waals surface area contributed by atoms with Gasteiger partial charge in [-0.3, -0.25) is 10.1 Å². The largest absolute Gasteiger partial charge is 0.294 e. The molecule has 0 radical (unpaired) electrons. The molecule has 0 spiro atoms. The van der Waals surface area contributed by atoms with Crippen LogP contribution in [0.4, 0.5) is 11.4 Å². The zero-order chi connectivity index (χ0) is 12.1. The number of para-hydroxylation sites is 2. The lowest BCUT2D eigenvalue weighted by atomic mass is 10.1. The molecule has 0 bridgehead atoms. The summed E-state index contributed by atoms with van der Waals surface area (Å²) in [6, 6.07) is 6.47. The lowest BCUT2D eigenvalue weighted by Crippen LogP contribution is -1.89. The number of nitro benzene ring substituents is 1. The summed E-state index contributed by atoms with van der Waals surface area (Å²) in [5.41, 5.74) is 1.41. The zero-order valence-electron chi connectivity index (χ0n) is 9.24. The Hall–Kier alpha value is -2.23. The SMILES string of the molecule is O=[N+]([O-])c1ccccc1/N=C/C1=CCCC=C1. The first-order valence-electron chi connectivity index (χ1n) is 5.41. The lowest BCUT2D eigenvalue weighted by molar-refractivity contribution is -0.384. The van der Waals surface area contributed by atoms with Crippen LogP contribution in [0.15, 0.2) is 53.1 Å². The Morgan fingerprint density at radius 2 is 2.12 bits per heavy atom. The van der Waals surface area contributed by atoms with Gasteiger partial charge in [-0.1, -0.05) is 30.4 Å². The maximum Gasteiger partial charge on any atom is 0.294 e. The maximum atomic E-state index is 10.8. The first-order chi connectivity index (χ1) is 8.27. The number of hydrogen-bond donors (Lipinski definition) is 0. The Kier molecular flexibility index (Phi) is 3.45. The Balaban J connectivity index is 2.24. The van der Waals surface area contributed by atoms with E-state index in [0.717, 1.165) is 18.4 Å². The van der Waals surface area contributed by atoms with Crippen molar-refractivity contribution in [2.45, 2.75) is 12.8 Å². The van der Waals surface area contributed by atoms with Gasteiger partial charge in [-0.05, 0) is 24.5 Å². The highest BCUT2D eigenvalue weighted by molar-refractivity contribution is 5.85. The molecular formula is C13H12N2O2. The molecule has 0 atom stereocenters. The van der Waals surface area contributed by atoms with Crippen molar-refractivity contribution in [3.8, 4) is 0 Å². The Bertz CT molecular complexity index is 516. The van der Waals surface area contributed by atoms with Crippen LogP contribution in [0.1, 0.15) is 12.8 Å². The molecule has 1 aromatic carbocycles. The van der Waals surface area contributed by atoms with Gasteiger partial charge in [-0.15, -0.1) is 0 Å². The van der Waals surface area contributed by atoms with E-state index in [9.17, 15) is 10.1 Å². The third-order valence-corrected chi connectivity index (χ3v) is 2.45. The topological polar surface area (TPSA) is 55.5 Å². The van der Waals surface area contributed by atoms with E-state index in [2.05, 4.69) is 17.1 Å². The highest BCUT2D eigenvalue weighted by Crippen LogP contribution is 2.26. The molecule has 4 nitrogen and oxygen atoms in total. The molecule has 1 aliphatic carbocycles. The third kappa shape index (κ3) is 2.87. The second-order valence-corrected chi connectivity index (χ2v) is 3.69. The molecule has 0 N–H and O–H groups in total. The van der Waals surface area contributed by atoms with E-state index in [1.165, 1.54) is 6.07 Å². The molecule has 2 rings (SSSR count). The van der Waals surface area contributed by atoms with Crippen LogP contribution in [0.5, 0.6) is 0 Å². The van der Waals surface area contributed by atoms with E-state index in [-0.39, 0.29) is 5.69 Å². The minimum atomic E-state index is -0.419. The van der Waals surface area contributed by atoms with Gasteiger partial charge in [0.1, 0.15) is 5.69 Å². The molecule has 0 saturated carbocycles. The van der Waals surface area contributed by atoms with Crippen LogP contribution in [0.3, 0.4) is 0 Å². The maximum absolute atomic E-state index is 10.8. The Labute approximate surface area is 99.1 Å². The van der Waals surface area contributed by atoms with E-state index in [1.54, 1.807) is 24.4 Å². The third-order valence-electron chi connectivity index (χ3n) is 2.45. The number of benzene rings is 1. The van der Waals surface area contributed by atoms with Crippen LogP contribution in [0.25, 0.3) is 0 Å². The molecular weight excluding hydrogens is 216 g/mol. The molecule has 0 saturated heterocycles. The number of nitro groups is 1. The number of allylic oxidation sites excluding steroid dienone is 4. The molecule has 0 aliphatic heterocycles. The number of rotatable bonds is 3. The van der Waals surface area contributed by atoms with E-state index in [1.807, 2.05) is 6.08 Å². The van der Waals surface area contributed by atoms with Crippen LogP contribution in [-0.4, -0.2) is 11.1 Å². The molecule has 0 unspecified atom stereocenters. The van der Waals surface area contributed by atoms with Crippen molar-refractivity contribution in [1.82, 2.24) is 0 Å². The number of aliphatic imine (C=N–C) groups is 1. The summed E-state index contributed by atoms with van der Waals surface area (Å²) in [5.74, 6) is 0. The van der Waals surface area contributed by atoms with E-state index in [4.69, 9.17) is 0 Å². The van der Waals surface area contributed by atoms with Gasteiger partial charge in [0, 0.05) is 12.3 Å².